The molecule has 0 saturated carbocycles. The number of nitrogens with zero attached hydrogens (tertiary/aromatic N) is 4. The largest absolute Gasteiger partial charge is 0.497 e. The van der Waals surface area contributed by atoms with Gasteiger partial charge in [0.25, 0.3) is 0 Å². The average Bonchev–Trinajstić information content (AvgIpc) is 2.83. The number of anilines is 1. The number of likely N-dealkylation sites (tertiary alicyclic amines) is 1. The number of carbonyl (C=O) groups is 2. The van der Waals surface area contributed by atoms with Gasteiger partial charge in [-0.05, 0) is 30.5 Å². The molecule has 1 atom stereocenters. The Morgan fingerprint density at radius 1 is 1.16 bits per heavy atom. The molecule has 8 heteroatoms. The lowest BCUT2D eigenvalue weighted by molar-refractivity contribution is -0.131. The van der Waals surface area contributed by atoms with Gasteiger partial charge in [-0.3, -0.25) is 9.59 Å². The Balaban J connectivity index is 1.48. The number of hydrogen-bond donors (Lipinski definition) is 1. The third kappa shape index (κ3) is 4.69. The summed E-state index contributed by atoms with van der Waals surface area (Å²) in [5, 5.41) is 3.19. The van der Waals surface area contributed by atoms with Gasteiger partial charge in [-0.15, -0.1) is 0 Å². The summed E-state index contributed by atoms with van der Waals surface area (Å²) < 4.78 is 5.20. The van der Waals surface area contributed by atoms with Crippen LogP contribution in [0.5, 0.6) is 5.75 Å². The fraction of sp³-hybridized carbons (Fsp3) is 0.500. The van der Waals surface area contributed by atoms with Crippen molar-refractivity contribution in [3.63, 3.8) is 0 Å². The Kier molecular flexibility index (Phi) is 6.58. The predicted octanol–water partition coefficient (Wildman–Crippen LogP) is 2.38. The Morgan fingerprint density at radius 3 is 2.62 bits per heavy atom. The van der Waals surface area contributed by atoms with E-state index in [1.807, 2.05) is 41.1 Å². The van der Waals surface area contributed by atoms with Crippen LogP contribution >= 0.6 is 0 Å². The maximum absolute atomic E-state index is 13.0. The van der Waals surface area contributed by atoms with Crippen LogP contribution in [0.4, 0.5) is 5.82 Å². The number of amides is 2. The van der Waals surface area contributed by atoms with Crippen LogP contribution in [0.25, 0.3) is 0 Å². The van der Waals surface area contributed by atoms with E-state index in [0.29, 0.717) is 26.1 Å². The highest BCUT2D eigenvalue weighted by Crippen LogP contribution is 2.30. The maximum atomic E-state index is 13.0. The van der Waals surface area contributed by atoms with Crippen molar-refractivity contribution in [2.75, 3.05) is 39.1 Å². The number of piperidine rings is 1. The van der Waals surface area contributed by atoms with E-state index in [0.717, 1.165) is 60.0 Å². The van der Waals surface area contributed by atoms with Crippen LogP contribution in [0, 0.1) is 0 Å². The fourth-order valence-electron chi connectivity index (χ4n) is 4.54. The lowest BCUT2D eigenvalue weighted by Gasteiger charge is -2.33. The monoisotopic (exact) mass is 437 g/mol. The summed E-state index contributed by atoms with van der Waals surface area (Å²) >= 11 is 0. The molecule has 32 heavy (non-hydrogen) atoms. The minimum absolute atomic E-state index is 0.0695. The van der Waals surface area contributed by atoms with Gasteiger partial charge in [-0.1, -0.05) is 12.1 Å². The quantitative estimate of drug-likeness (QED) is 0.773. The normalized spacial score (nSPS) is 18.2. The molecule has 1 N–H and O–H groups in total. The first-order chi connectivity index (χ1) is 15.5. The second-order valence-corrected chi connectivity index (χ2v) is 8.50. The van der Waals surface area contributed by atoms with Crippen LogP contribution in [0.15, 0.2) is 24.3 Å². The summed E-state index contributed by atoms with van der Waals surface area (Å²) in [5.74, 6) is 2.69. The predicted molar refractivity (Wildman–Crippen MR) is 122 cm³/mol. The lowest BCUT2D eigenvalue weighted by atomic mass is 9.95. The third-order valence-electron chi connectivity index (χ3n) is 6.41. The van der Waals surface area contributed by atoms with E-state index in [1.165, 1.54) is 0 Å². The lowest BCUT2D eigenvalue weighted by Crippen LogP contribution is -2.41. The Labute approximate surface area is 189 Å². The van der Waals surface area contributed by atoms with Crippen molar-refractivity contribution in [3.05, 3.63) is 46.9 Å². The second-order valence-electron chi connectivity index (χ2n) is 8.50. The van der Waals surface area contributed by atoms with Crippen molar-refractivity contribution >= 4 is 17.6 Å². The van der Waals surface area contributed by atoms with Crippen LogP contribution in [0.1, 0.15) is 48.3 Å². The van der Waals surface area contributed by atoms with Crippen molar-refractivity contribution in [2.45, 2.75) is 45.1 Å². The first kappa shape index (κ1) is 22.0. The molecule has 2 aromatic rings. The van der Waals surface area contributed by atoms with Crippen LogP contribution < -0.4 is 10.1 Å². The van der Waals surface area contributed by atoms with Gasteiger partial charge in [0.15, 0.2) is 0 Å². The maximum Gasteiger partial charge on any atom is 0.227 e. The van der Waals surface area contributed by atoms with Crippen molar-refractivity contribution in [1.29, 1.82) is 0 Å². The number of aromatic nitrogens is 2. The molecule has 2 amide bonds. The van der Waals surface area contributed by atoms with E-state index >= 15 is 0 Å². The molecule has 170 valence electrons. The summed E-state index contributed by atoms with van der Waals surface area (Å²) in [5.41, 5.74) is 3.00. The zero-order valence-corrected chi connectivity index (χ0v) is 19.1. The Hall–Kier alpha value is -3.16. The number of ether oxygens (including phenoxy) is 1. The summed E-state index contributed by atoms with van der Waals surface area (Å²) in [7, 11) is 3.49. The third-order valence-corrected chi connectivity index (χ3v) is 6.41. The minimum atomic E-state index is 0.0695. The fourth-order valence-corrected chi connectivity index (χ4v) is 4.54. The van der Waals surface area contributed by atoms with Gasteiger partial charge in [0.05, 0.1) is 25.8 Å². The SMILES string of the molecule is CNc1nc([C@H]2CCCN(C(=O)Cc3ccc(OC)cc3)C2)nc2c1CN(C(C)=O)CC2. The molecule has 1 fully saturated rings. The zero-order chi connectivity index (χ0) is 22.7. The smallest absolute Gasteiger partial charge is 0.227 e. The van der Waals surface area contributed by atoms with Gasteiger partial charge in [0, 0.05) is 51.5 Å². The number of carbonyl (C=O) groups excluding carboxylic acids is 2. The Bertz CT molecular complexity index is 975. The van der Waals surface area contributed by atoms with E-state index in [-0.39, 0.29) is 17.7 Å². The molecule has 3 heterocycles. The standard InChI is InChI=1S/C24H31N5O3/c1-16(30)28-12-10-21-20(15-28)24(25-2)27-23(26-21)18-5-4-11-29(14-18)22(31)13-17-6-8-19(32-3)9-7-17/h6-9,18H,4-5,10-15H2,1-3H3,(H,25,26,27)/t18-/m0/s1. The number of nitrogens with one attached hydrogen (secondary N) is 1. The van der Waals surface area contributed by atoms with Crippen molar-refractivity contribution in [3.8, 4) is 5.75 Å². The number of methoxy groups -OCH3 is 1. The summed E-state index contributed by atoms with van der Waals surface area (Å²) in [6.07, 6.45) is 3.01. The van der Waals surface area contributed by atoms with Crippen LogP contribution in [-0.4, -0.2) is 65.4 Å². The first-order valence-electron chi connectivity index (χ1n) is 11.2. The van der Waals surface area contributed by atoms with Gasteiger partial charge in [0.1, 0.15) is 17.4 Å². The van der Waals surface area contributed by atoms with Crippen molar-refractivity contribution in [1.82, 2.24) is 19.8 Å². The number of fused-ring (bicyclic) bond motifs is 1. The molecule has 1 saturated heterocycles. The summed E-state index contributed by atoms with van der Waals surface area (Å²) in [6, 6.07) is 7.65. The molecule has 0 bridgehead atoms. The molecule has 0 unspecified atom stereocenters. The highest BCUT2D eigenvalue weighted by Gasteiger charge is 2.29. The average molecular weight is 438 g/mol. The van der Waals surface area contributed by atoms with Crippen LogP contribution in [0.3, 0.4) is 0 Å². The molecule has 1 aromatic carbocycles. The van der Waals surface area contributed by atoms with Gasteiger partial charge < -0.3 is 19.9 Å². The summed E-state index contributed by atoms with van der Waals surface area (Å²) in [4.78, 5) is 38.2. The molecular formula is C24H31N5O3. The molecule has 2 aliphatic heterocycles. The number of rotatable bonds is 5. The van der Waals surface area contributed by atoms with Gasteiger partial charge in [-0.25, -0.2) is 9.97 Å². The van der Waals surface area contributed by atoms with Crippen molar-refractivity contribution in [2.24, 2.45) is 0 Å². The Morgan fingerprint density at radius 2 is 1.94 bits per heavy atom. The van der Waals surface area contributed by atoms with E-state index < -0.39 is 0 Å². The van der Waals surface area contributed by atoms with E-state index in [9.17, 15) is 9.59 Å². The molecule has 1 aromatic heterocycles. The van der Waals surface area contributed by atoms with Crippen LogP contribution in [-0.2, 0) is 29.0 Å². The van der Waals surface area contributed by atoms with Gasteiger partial charge >= 0.3 is 0 Å². The van der Waals surface area contributed by atoms with E-state index in [2.05, 4.69) is 5.32 Å². The summed E-state index contributed by atoms with van der Waals surface area (Å²) in [6.45, 7) is 4.22. The first-order valence-corrected chi connectivity index (χ1v) is 11.2. The highest BCUT2D eigenvalue weighted by atomic mass is 16.5. The molecule has 2 aliphatic rings. The molecule has 4 rings (SSSR count). The minimum Gasteiger partial charge on any atom is -0.497 e. The van der Waals surface area contributed by atoms with Crippen LogP contribution in [0.2, 0.25) is 0 Å². The van der Waals surface area contributed by atoms with Crippen molar-refractivity contribution < 1.29 is 14.3 Å². The molecule has 8 nitrogen and oxygen atoms in total. The topological polar surface area (TPSA) is 87.7 Å². The molecule has 0 aliphatic carbocycles. The number of benzene rings is 1. The number of hydrogen-bond acceptors (Lipinski definition) is 6. The molecular weight excluding hydrogens is 406 g/mol. The van der Waals surface area contributed by atoms with E-state index in [4.69, 9.17) is 14.7 Å². The van der Waals surface area contributed by atoms with Gasteiger partial charge in [-0.2, -0.15) is 0 Å². The second kappa shape index (κ2) is 9.54. The highest BCUT2D eigenvalue weighted by molar-refractivity contribution is 5.79. The zero-order valence-electron chi connectivity index (χ0n) is 19.1. The van der Waals surface area contributed by atoms with E-state index in [1.54, 1.807) is 14.0 Å². The molecule has 0 radical (unpaired) electrons. The molecule has 0 spiro atoms. The van der Waals surface area contributed by atoms with Gasteiger partial charge in [0.2, 0.25) is 11.8 Å².